The molecule has 0 bridgehead atoms. The minimum absolute atomic E-state index is 0.101. The van der Waals surface area contributed by atoms with E-state index in [1.165, 1.54) is 193 Å². The molecule has 3 N–H and O–H groups in total. The van der Waals surface area contributed by atoms with Gasteiger partial charge in [-0.05, 0) is 49.4 Å². The van der Waals surface area contributed by atoms with Gasteiger partial charge >= 0.3 is 39.5 Å². The number of carbonyl (C=O) groups excluding carboxylic acids is 4. The molecular formula is C77H150O17P2. The first-order chi connectivity index (χ1) is 46.1. The Hall–Kier alpha value is -1.94. The maximum Gasteiger partial charge on any atom is 0.472 e. The number of phosphoric ester groups is 2. The van der Waals surface area contributed by atoms with Crippen LogP contribution in [0.2, 0.25) is 0 Å². The van der Waals surface area contributed by atoms with E-state index in [0.717, 1.165) is 108 Å². The fourth-order valence-corrected chi connectivity index (χ4v) is 13.3. The number of aliphatic hydroxyl groups excluding tert-OH is 1. The Morgan fingerprint density at radius 1 is 0.260 bits per heavy atom. The number of carbonyl (C=O) groups is 4. The van der Waals surface area contributed by atoms with Gasteiger partial charge in [-0.3, -0.25) is 37.3 Å². The number of rotatable bonds is 74. The zero-order chi connectivity index (χ0) is 71.0. The lowest BCUT2D eigenvalue weighted by Gasteiger charge is -2.21. The summed E-state index contributed by atoms with van der Waals surface area (Å²) in [5.74, 6) is 0.873. The van der Waals surface area contributed by atoms with Crippen LogP contribution in [-0.4, -0.2) is 96.7 Å². The van der Waals surface area contributed by atoms with Crippen LogP contribution in [0.5, 0.6) is 0 Å². The lowest BCUT2D eigenvalue weighted by atomic mass is 10.0. The SMILES string of the molecule is CC(C)CCCCCCCCCCCCCCCCCCCCC(=O)O[C@H](COC(=O)CCCCCCCCCCCCCCC(C)C)COP(=O)(O)OCC(O)COP(=O)(O)OC[C@@H](COC(=O)CCCCCCCCCCC(C)C)OC(=O)CCCCCCCCC(C)C. The van der Waals surface area contributed by atoms with Crippen molar-refractivity contribution in [3.8, 4) is 0 Å². The van der Waals surface area contributed by atoms with Gasteiger partial charge in [-0.15, -0.1) is 0 Å². The average Bonchev–Trinajstić information content (AvgIpc) is 1.57. The Morgan fingerprint density at radius 2 is 0.438 bits per heavy atom. The van der Waals surface area contributed by atoms with Gasteiger partial charge in [0.2, 0.25) is 0 Å². The summed E-state index contributed by atoms with van der Waals surface area (Å²) >= 11 is 0. The summed E-state index contributed by atoms with van der Waals surface area (Å²) in [7, 11) is -9.91. The Kier molecular flexibility index (Phi) is 65.0. The molecule has 0 aromatic carbocycles. The first-order valence-corrected chi connectivity index (χ1v) is 42.7. The molecule has 96 heavy (non-hydrogen) atoms. The van der Waals surface area contributed by atoms with Gasteiger partial charge in [-0.1, -0.05) is 338 Å². The molecule has 0 aliphatic rings. The molecule has 0 aliphatic heterocycles. The molecule has 17 nitrogen and oxygen atoms in total. The Bertz CT molecular complexity index is 1880. The third kappa shape index (κ3) is 70.5. The molecule has 570 valence electrons. The first kappa shape index (κ1) is 94.1. The van der Waals surface area contributed by atoms with Gasteiger partial charge in [-0.25, -0.2) is 9.13 Å². The Labute approximate surface area is 588 Å². The van der Waals surface area contributed by atoms with E-state index in [-0.39, 0.29) is 25.7 Å². The highest BCUT2D eigenvalue weighted by atomic mass is 31.2. The average molecular weight is 1410 g/mol. The van der Waals surface area contributed by atoms with Crippen molar-refractivity contribution < 1.29 is 80.2 Å². The van der Waals surface area contributed by atoms with Crippen molar-refractivity contribution in [2.24, 2.45) is 23.7 Å². The van der Waals surface area contributed by atoms with E-state index in [2.05, 4.69) is 55.4 Å². The van der Waals surface area contributed by atoms with Crippen molar-refractivity contribution in [2.75, 3.05) is 39.6 Å². The number of ether oxygens (including phenoxy) is 4. The minimum Gasteiger partial charge on any atom is -0.462 e. The number of aliphatic hydroxyl groups is 1. The summed E-state index contributed by atoms with van der Waals surface area (Å²) in [6.45, 7) is 14.1. The minimum atomic E-state index is -4.96. The molecule has 3 unspecified atom stereocenters. The van der Waals surface area contributed by atoms with Gasteiger partial charge in [0.1, 0.15) is 19.3 Å². The monoisotopic (exact) mass is 1410 g/mol. The summed E-state index contributed by atoms with van der Waals surface area (Å²) in [6.07, 6.45) is 51.7. The molecule has 5 atom stereocenters. The van der Waals surface area contributed by atoms with E-state index in [9.17, 15) is 43.2 Å². The van der Waals surface area contributed by atoms with Crippen molar-refractivity contribution in [3.63, 3.8) is 0 Å². The van der Waals surface area contributed by atoms with Gasteiger partial charge < -0.3 is 33.8 Å². The number of unbranched alkanes of at least 4 members (excludes halogenated alkanes) is 40. The van der Waals surface area contributed by atoms with Crippen LogP contribution in [0.15, 0.2) is 0 Å². The summed E-state index contributed by atoms with van der Waals surface area (Å²) in [5, 5.41) is 10.6. The van der Waals surface area contributed by atoms with E-state index >= 15 is 0 Å². The number of esters is 4. The van der Waals surface area contributed by atoms with Crippen LogP contribution in [0.1, 0.15) is 389 Å². The van der Waals surface area contributed by atoms with Crippen LogP contribution in [0.4, 0.5) is 0 Å². The molecule has 0 rings (SSSR count). The molecule has 0 fully saturated rings. The topological polar surface area (TPSA) is 237 Å². The van der Waals surface area contributed by atoms with E-state index in [4.69, 9.17) is 37.0 Å². The number of phosphoric acid groups is 2. The van der Waals surface area contributed by atoms with Crippen molar-refractivity contribution in [3.05, 3.63) is 0 Å². The number of hydrogen-bond acceptors (Lipinski definition) is 15. The zero-order valence-corrected chi connectivity index (χ0v) is 64.8. The molecule has 0 aromatic heterocycles. The molecule has 0 radical (unpaired) electrons. The van der Waals surface area contributed by atoms with E-state index < -0.39 is 97.5 Å². The Morgan fingerprint density at radius 3 is 0.646 bits per heavy atom. The highest BCUT2D eigenvalue weighted by molar-refractivity contribution is 7.47. The normalized spacial score (nSPS) is 14.1. The van der Waals surface area contributed by atoms with Crippen LogP contribution in [0.3, 0.4) is 0 Å². The quantitative estimate of drug-likeness (QED) is 0.0222. The van der Waals surface area contributed by atoms with Crippen LogP contribution in [0, 0.1) is 23.7 Å². The second-order valence-electron chi connectivity index (χ2n) is 29.7. The summed E-state index contributed by atoms with van der Waals surface area (Å²) in [5.41, 5.74) is 0. The highest BCUT2D eigenvalue weighted by Crippen LogP contribution is 2.45. The fraction of sp³-hybridized carbons (Fsp3) is 0.948. The standard InChI is InChI=1S/C77H150O17P2/c1-67(2)53-45-37-29-23-19-15-13-11-9-10-12-14-16-22-26-34-43-51-59-76(81)93-72(63-87-74(79)57-49-41-32-25-21-18-17-20-24-30-38-46-54-68(3)4)65-91-95(83,84)89-61-71(78)62-90-96(85,86)92-66-73(94-77(82)60-52-44-36-35-40-48-56-70(7)8)64-88-75(80)58-50-42-33-28-27-31-39-47-55-69(5)6/h67-73,78H,9-66H2,1-8H3,(H,83,84)(H,85,86)/t71?,72-,73-/m1/s1. The van der Waals surface area contributed by atoms with E-state index in [0.29, 0.717) is 31.6 Å². The van der Waals surface area contributed by atoms with E-state index in [1.807, 2.05) is 0 Å². The third-order valence-electron chi connectivity index (χ3n) is 17.8. The van der Waals surface area contributed by atoms with Gasteiger partial charge in [0, 0.05) is 25.7 Å². The molecule has 0 aromatic rings. The lowest BCUT2D eigenvalue weighted by molar-refractivity contribution is -0.161. The molecule has 0 aliphatic carbocycles. The maximum absolute atomic E-state index is 13.1. The van der Waals surface area contributed by atoms with E-state index in [1.54, 1.807) is 0 Å². The Balaban J connectivity index is 5.19. The predicted octanol–water partition coefficient (Wildman–Crippen LogP) is 22.4. The zero-order valence-electron chi connectivity index (χ0n) is 63.0. The molecule has 19 heteroatoms. The maximum atomic E-state index is 13.1. The van der Waals surface area contributed by atoms with Crippen molar-refractivity contribution in [1.29, 1.82) is 0 Å². The summed E-state index contributed by atoms with van der Waals surface area (Å²) in [4.78, 5) is 72.8. The van der Waals surface area contributed by atoms with Crippen molar-refractivity contribution >= 4 is 39.5 Å². The molecule has 0 spiro atoms. The molecule has 0 saturated heterocycles. The van der Waals surface area contributed by atoms with Crippen molar-refractivity contribution in [1.82, 2.24) is 0 Å². The third-order valence-corrected chi connectivity index (χ3v) is 19.7. The molecule has 0 amide bonds. The first-order valence-electron chi connectivity index (χ1n) is 39.7. The van der Waals surface area contributed by atoms with Crippen LogP contribution < -0.4 is 0 Å². The van der Waals surface area contributed by atoms with Gasteiger partial charge in [0.05, 0.1) is 26.4 Å². The predicted molar refractivity (Wildman–Crippen MR) is 391 cm³/mol. The van der Waals surface area contributed by atoms with Gasteiger partial charge in [0.15, 0.2) is 12.2 Å². The summed E-state index contributed by atoms with van der Waals surface area (Å²) < 4.78 is 68.5. The fourth-order valence-electron chi connectivity index (χ4n) is 11.7. The van der Waals surface area contributed by atoms with Crippen LogP contribution in [0.25, 0.3) is 0 Å². The van der Waals surface area contributed by atoms with Gasteiger partial charge in [0.25, 0.3) is 0 Å². The van der Waals surface area contributed by atoms with Crippen molar-refractivity contribution in [2.45, 2.75) is 408 Å². The highest BCUT2D eigenvalue weighted by Gasteiger charge is 2.30. The lowest BCUT2D eigenvalue weighted by Crippen LogP contribution is -2.30. The summed E-state index contributed by atoms with van der Waals surface area (Å²) in [6, 6.07) is 0. The van der Waals surface area contributed by atoms with Gasteiger partial charge in [-0.2, -0.15) is 0 Å². The van der Waals surface area contributed by atoms with Crippen LogP contribution >= 0.6 is 15.6 Å². The molecular weight excluding hydrogens is 1260 g/mol. The second-order valence-corrected chi connectivity index (χ2v) is 32.6. The smallest absolute Gasteiger partial charge is 0.462 e. The second kappa shape index (κ2) is 66.3. The largest absolute Gasteiger partial charge is 0.472 e. The molecule has 0 saturated carbocycles. The molecule has 0 heterocycles. The number of hydrogen-bond donors (Lipinski definition) is 3. The van der Waals surface area contributed by atoms with Crippen LogP contribution in [-0.2, 0) is 65.4 Å².